The summed E-state index contributed by atoms with van der Waals surface area (Å²) in [5.74, 6) is 0. The van der Waals surface area contributed by atoms with Gasteiger partial charge < -0.3 is 0 Å². The molecular weight excluding hydrogens is 342 g/mol. The van der Waals surface area contributed by atoms with Gasteiger partial charge in [0.25, 0.3) is 0 Å². The molecular formula is C20H15N5S. The third kappa shape index (κ3) is 3.70. The molecule has 0 spiro atoms. The smallest absolute Gasteiger partial charge is 0.223 e. The lowest BCUT2D eigenvalue weighted by Gasteiger charge is -1.93. The molecule has 0 saturated heterocycles. The summed E-state index contributed by atoms with van der Waals surface area (Å²) in [7, 11) is 0. The van der Waals surface area contributed by atoms with Crippen molar-refractivity contribution in [1.82, 2.24) is 4.98 Å². The van der Waals surface area contributed by atoms with Gasteiger partial charge in [-0.3, -0.25) is 0 Å². The van der Waals surface area contributed by atoms with Crippen LogP contribution in [0.1, 0.15) is 5.56 Å². The molecule has 2 aliphatic carbocycles. The van der Waals surface area contributed by atoms with Crippen molar-refractivity contribution in [2.45, 2.75) is 6.92 Å². The van der Waals surface area contributed by atoms with Crippen LogP contribution in [0.25, 0.3) is 11.1 Å². The minimum Gasteiger partial charge on any atom is -0.223 e. The van der Waals surface area contributed by atoms with E-state index in [1.807, 2.05) is 67.6 Å². The lowest BCUT2D eigenvalue weighted by atomic mass is 10.2. The minimum absolute atomic E-state index is 0.553. The number of benzene rings is 1. The van der Waals surface area contributed by atoms with E-state index >= 15 is 0 Å². The highest BCUT2D eigenvalue weighted by atomic mass is 32.1. The fraction of sp³-hybridized carbons (Fsp3) is 0.0500. The highest BCUT2D eigenvalue weighted by Gasteiger charge is 2.07. The van der Waals surface area contributed by atoms with Crippen LogP contribution >= 0.6 is 11.3 Å². The third-order valence-electron chi connectivity index (χ3n) is 3.79. The molecule has 4 rings (SSSR count). The summed E-state index contributed by atoms with van der Waals surface area (Å²) < 4.78 is 0. The van der Waals surface area contributed by atoms with Crippen LogP contribution in [0.15, 0.2) is 93.4 Å². The summed E-state index contributed by atoms with van der Waals surface area (Å²) in [5, 5.41) is 18.2. The van der Waals surface area contributed by atoms with Crippen molar-refractivity contribution in [3.8, 4) is 11.1 Å². The van der Waals surface area contributed by atoms with E-state index in [4.69, 9.17) is 0 Å². The van der Waals surface area contributed by atoms with Crippen LogP contribution in [0, 0.1) is 6.92 Å². The summed E-state index contributed by atoms with van der Waals surface area (Å²) in [6.07, 6.45) is 1.65. The molecule has 0 radical (unpaired) electrons. The van der Waals surface area contributed by atoms with Gasteiger partial charge in [-0.15, -0.1) is 20.5 Å². The maximum atomic E-state index is 4.33. The van der Waals surface area contributed by atoms with Gasteiger partial charge in [0.2, 0.25) is 5.13 Å². The molecule has 6 heteroatoms. The molecule has 0 unspecified atom stereocenters. The Bertz CT molecular complexity index is 1050. The van der Waals surface area contributed by atoms with E-state index in [9.17, 15) is 0 Å². The number of nitrogens with zero attached hydrogens (tertiary/aromatic N) is 5. The topological polar surface area (TPSA) is 62.3 Å². The van der Waals surface area contributed by atoms with Gasteiger partial charge in [-0.1, -0.05) is 65.4 Å². The van der Waals surface area contributed by atoms with Gasteiger partial charge in [0.15, 0.2) is 5.00 Å². The quantitative estimate of drug-likeness (QED) is 0.351. The van der Waals surface area contributed by atoms with E-state index in [0.717, 1.165) is 22.5 Å². The molecule has 1 aromatic heterocycles. The summed E-state index contributed by atoms with van der Waals surface area (Å²) in [6, 6.07) is 22.0. The zero-order valence-electron chi connectivity index (χ0n) is 14.1. The van der Waals surface area contributed by atoms with Crippen LogP contribution in [0.4, 0.5) is 21.5 Å². The highest BCUT2D eigenvalue weighted by molar-refractivity contribution is 7.18. The molecule has 0 N–H and O–H groups in total. The second-order valence-corrected chi connectivity index (χ2v) is 6.70. The molecule has 0 atom stereocenters. The van der Waals surface area contributed by atoms with E-state index in [1.165, 1.54) is 16.9 Å². The number of aryl methyl sites for hydroxylation is 1. The average Bonchev–Trinajstić information content (AvgIpc) is 3.19. The molecule has 0 fully saturated rings. The molecule has 0 saturated carbocycles. The van der Waals surface area contributed by atoms with Crippen molar-refractivity contribution in [2.24, 2.45) is 20.5 Å². The van der Waals surface area contributed by atoms with Crippen molar-refractivity contribution >= 4 is 32.8 Å². The number of thiazole rings is 1. The molecule has 5 nitrogen and oxygen atoms in total. The second-order valence-electron chi connectivity index (χ2n) is 5.71. The van der Waals surface area contributed by atoms with E-state index < -0.39 is 0 Å². The summed E-state index contributed by atoms with van der Waals surface area (Å²) >= 11 is 1.35. The zero-order valence-corrected chi connectivity index (χ0v) is 14.9. The van der Waals surface area contributed by atoms with Crippen LogP contribution < -0.4 is 0 Å². The van der Waals surface area contributed by atoms with Crippen LogP contribution in [0.2, 0.25) is 0 Å². The van der Waals surface area contributed by atoms with Gasteiger partial charge in [-0.05, 0) is 30.7 Å². The lowest BCUT2D eigenvalue weighted by molar-refractivity contribution is 1.20. The fourth-order valence-corrected chi connectivity index (χ4v) is 3.01. The Morgan fingerprint density at radius 3 is 2.50 bits per heavy atom. The Labute approximate surface area is 155 Å². The summed E-state index contributed by atoms with van der Waals surface area (Å²) in [5.41, 5.74) is 5.03. The maximum absolute atomic E-state index is 4.33. The van der Waals surface area contributed by atoms with Crippen molar-refractivity contribution in [2.75, 3.05) is 0 Å². The van der Waals surface area contributed by atoms with Crippen molar-refractivity contribution in [3.63, 3.8) is 0 Å². The molecule has 1 heterocycles. The first-order valence-electron chi connectivity index (χ1n) is 8.12. The Morgan fingerprint density at radius 1 is 0.769 bits per heavy atom. The maximum Gasteiger partial charge on any atom is 0.232 e. The number of fused-ring (bicyclic) bond motifs is 1. The van der Waals surface area contributed by atoms with E-state index in [0.29, 0.717) is 10.1 Å². The highest BCUT2D eigenvalue weighted by Crippen LogP contribution is 2.36. The van der Waals surface area contributed by atoms with E-state index in [1.54, 1.807) is 6.20 Å². The largest absolute Gasteiger partial charge is 0.232 e. The zero-order chi connectivity index (χ0) is 17.8. The number of hydrogen-bond donors (Lipinski definition) is 0. The number of azo groups is 2. The molecule has 1 aromatic carbocycles. The summed E-state index contributed by atoms with van der Waals surface area (Å²) in [4.78, 5) is 4.24. The van der Waals surface area contributed by atoms with Gasteiger partial charge in [-0.2, -0.15) is 0 Å². The molecule has 26 heavy (non-hydrogen) atoms. The van der Waals surface area contributed by atoms with Crippen LogP contribution in [0.5, 0.6) is 0 Å². The van der Waals surface area contributed by atoms with E-state index in [2.05, 4.69) is 31.5 Å². The van der Waals surface area contributed by atoms with Gasteiger partial charge >= 0.3 is 0 Å². The number of rotatable bonds is 4. The predicted octanol–water partition coefficient (Wildman–Crippen LogP) is 7.39. The van der Waals surface area contributed by atoms with Crippen molar-refractivity contribution < 1.29 is 0 Å². The Hall–Kier alpha value is -3.25. The SMILES string of the molecule is Cc1ccc(N=Nc2cnc(N=Nc3ccc4cccccc3-4)s2)cc1. The lowest BCUT2D eigenvalue weighted by Crippen LogP contribution is -1.67. The van der Waals surface area contributed by atoms with Gasteiger partial charge in [-0.25, -0.2) is 4.98 Å². The fourth-order valence-electron chi connectivity index (χ4n) is 2.45. The Kier molecular flexibility index (Phi) is 4.57. The van der Waals surface area contributed by atoms with Gasteiger partial charge in [0.05, 0.1) is 17.6 Å². The van der Waals surface area contributed by atoms with Crippen molar-refractivity contribution in [3.05, 3.63) is 78.5 Å². The third-order valence-corrected chi connectivity index (χ3v) is 4.56. The number of hydrogen-bond acceptors (Lipinski definition) is 6. The summed E-state index contributed by atoms with van der Waals surface area (Å²) in [6.45, 7) is 2.04. The van der Waals surface area contributed by atoms with Crippen LogP contribution in [0.3, 0.4) is 0 Å². The van der Waals surface area contributed by atoms with Gasteiger partial charge in [0, 0.05) is 5.56 Å². The molecule has 126 valence electrons. The van der Waals surface area contributed by atoms with Crippen LogP contribution in [-0.4, -0.2) is 4.98 Å². The molecule has 2 aliphatic rings. The normalized spacial score (nSPS) is 11.7. The number of aromatic nitrogens is 1. The minimum atomic E-state index is 0.553. The Morgan fingerprint density at radius 2 is 1.62 bits per heavy atom. The first-order valence-corrected chi connectivity index (χ1v) is 8.93. The first kappa shape index (κ1) is 16.2. The average molecular weight is 357 g/mol. The standard InChI is InChI=1S/C20H15N5S/c1-14-7-10-16(11-8-14)22-24-19-13-21-20(26-19)25-23-18-12-9-15-5-3-2-4-6-17(15)18/h2-13H,1H3. The predicted molar refractivity (Wildman–Crippen MR) is 105 cm³/mol. The van der Waals surface area contributed by atoms with Crippen LogP contribution in [-0.2, 0) is 0 Å². The second kappa shape index (κ2) is 7.33. The molecule has 2 aromatic rings. The monoisotopic (exact) mass is 357 g/mol. The van der Waals surface area contributed by atoms with Gasteiger partial charge in [0.1, 0.15) is 0 Å². The first-order chi connectivity index (χ1) is 12.8. The molecule has 0 amide bonds. The molecule has 0 bridgehead atoms. The molecule has 0 aliphatic heterocycles. The Balaban J connectivity index is 1.50. The van der Waals surface area contributed by atoms with Crippen molar-refractivity contribution in [1.29, 1.82) is 0 Å². The van der Waals surface area contributed by atoms with E-state index in [-0.39, 0.29) is 0 Å².